The molecule has 2 N–H and O–H groups in total. The van der Waals surface area contributed by atoms with Gasteiger partial charge in [-0.05, 0) is 65.6 Å². The Hall–Kier alpha value is -3.83. The molecule has 4 heterocycles. The molecule has 3 aromatic carbocycles. The summed E-state index contributed by atoms with van der Waals surface area (Å²) in [6, 6.07) is 26.3. The van der Waals surface area contributed by atoms with Gasteiger partial charge in [0.1, 0.15) is 17.1 Å². The van der Waals surface area contributed by atoms with Crippen LogP contribution in [0.3, 0.4) is 0 Å². The van der Waals surface area contributed by atoms with Crippen molar-refractivity contribution in [2.75, 3.05) is 23.7 Å². The first-order chi connectivity index (χ1) is 22.5. The van der Waals surface area contributed by atoms with E-state index in [0.29, 0.717) is 11.3 Å². The van der Waals surface area contributed by atoms with E-state index in [2.05, 4.69) is 17.0 Å². The van der Waals surface area contributed by atoms with Crippen LogP contribution in [0.4, 0.5) is 5.69 Å². The molecule has 2 fully saturated rings. The summed E-state index contributed by atoms with van der Waals surface area (Å²) in [5.41, 5.74) is 9.83. The smallest absolute Gasteiger partial charge is 0.356 e. The van der Waals surface area contributed by atoms with Crippen molar-refractivity contribution in [2.45, 2.75) is 41.0 Å². The molecule has 10 heteroatoms. The van der Waals surface area contributed by atoms with Crippen molar-refractivity contribution in [3.63, 3.8) is 0 Å². The van der Waals surface area contributed by atoms with Gasteiger partial charge in [0.05, 0.1) is 4.21 Å². The molecule has 0 radical (unpaired) electrons. The van der Waals surface area contributed by atoms with Crippen LogP contribution in [0.15, 0.2) is 117 Å². The van der Waals surface area contributed by atoms with Gasteiger partial charge in [-0.15, -0.1) is 23.1 Å². The highest BCUT2D eigenvalue weighted by Gasteiger charge is 2.52. The predicted molar refractivity (Wildman–Crippen MR) is 188 cm³/mol. The standard InChI is InChI=1S/C36H33N3O4S3/c37-31-34(41)39-32(36(42)43-33(23-10-4-1-5-11-23)24-12-6-2-7-13-24)25(22-45-35(31)39)16-19-44-30-21-28(40)27-15-14-26(20-29(27)46-30)38-17-8-3-9-18-38/h1-2,4-7,10-16,19-21,31,33,35H,3,8-9,17-18,22,37H2/t31-,35-/m1/s1. The summed E-state index contributed by atoms with van der Waals surface area (Å²) in [7, 11) is 0. The highest BCUT2D eigenvalue weighted by molar-refractivity contribution is 8.04. The van der Waals surface area contributed by atoms with Crippen LogP contribution in [0.5, 0.6) is 0 Å². The molecular weight excluding hydrogens is 635 g/mol. The van der Waals surface area contributed by atoms with Crippen LogP contribution in [0.2, 0.25) is 0 Å². The molecule has 7 rings (SSSR count). The molecule has 4 aromatic rings. The number of allylic oxidation sites excluding steroid dienone is 1. The summed E-state index contributed by atoms with van der Waals surface area (Å²) in [6.45, 7) is 2.08. The number of carbonyl (C=O) groups is 2. The number of nitrogens with zero attached hydrogens (tertiary/aromatic N) is 2. The van der Waals surface area contributed by atoms with E-state index in [1.54, 1.807) is 17.4 Å². The van der Waals surface area contributed by atoms with Gasteiger partial charge in [0, 0.05) is 40.7 Å². The molecule has 46 heavy (non-hydrogen) atoms. The molecule has 3 aliphatic rings. The minimum atomic E-state index is -0.656. The fraction of sp³-hybridized carbons (Fsp3) is 0.250. The molecule has 0 saturated carbocycles. The Morgan fingerprint density at radius 2 is 1.63 bits per heavy atom. The number of piperidine rings is 1. The third-order valence-electron chi connectivity index (χ3n) is 8.53. The molecule has 2 saturated heterocycles. The monoisotopic (exact) mass is 667 g/mol. The molecule has 2 atom stereocenters. The van der Waals surface area contributed by atoms with E-state index in [-0.39, 0.29) is 22.4 Å². The number of anilines is 1. The van der Waals surface area contributed by atoms with Crippen molar-refractivity contribution in [1.82, 2.24) is 4.90 Å². The van der Waals surface area contributed by atoms with Gasteiger partial charge in [-0.3, -0.25) is 14.5 Å². The number of hydrogen-bond donors (Lipinski definition) is 1. The Bertz CT molecular complexity index is 1850. The second-order valence-corrected chi connectivity index (χ2v) is 14.9. The van der Waals surface area contributed by atoms with E-state index in [0.717, 1.165) is 44.2 Å². The number of nitrogens with two attached hydrogens (primary N) is 1. The van der Waals surface area contributed by atoms with Crippen molar-refractivity contribution >= 4 is 62.5 Å². The van der Waals surface area contributed by atoms with Gasteiger partial charge in [0.2, 0.25) is 5.91 Å². The van der Waals surface area contributed by atoms with Crippen LogP contribution in [-0.2, 0) is 14.3 Å². The maximum Gasteiger partial charge on any atom is 0.356 e. The second-order valence-electron chi connectivity index (χ2n) is 11.5. The summed E-state index contributed by atoms with van der Waals surface area (Å²) in [6.07, 6.45) is 4.84. The number of hydrogen-bond acceptors (Lipinski definition) is 9. The first-order valence-corrected chi connectivity index (χ1v) is 18.1. The van der Waals surface area contributed by atoms with E-state index >= 15 is 0 Å². The number of rotatable bonds is 8. The zero-order valence-electron chi connectivity index (χ0n) is 25.0. The van der Waals surface area contributed by atoms with Crippen molar-refractivity contribution in [3.05, 3.63) is 129 Å². The SMILES string of the molecule is N[C@@H]1C(=O)N2C(C(=O)OC(c3ccccc3)c3ccccc3)=C(C=CSc3cc(=O)c4ccc(N5CCCCC5)cc4s3)CS[C@H]12. The minimum Gasteiger partial charge on any atom is -0.448 e. The van der Waals surface area contributed by atoms with Gasteiger partial charge in [-0.25, -0.2) is 4.79 Å². The summed E-state index contributed by atoms with van der Waals surface area (Å²) in [5, 5.41) is 2.29. The summed E-state index contributed by atoms with van der Waals surface area (Å²) >= 11 is 4.54. The summed E-state index contributed by atoms with van der Waals surface area (Å²) in [5.74, 6) is -0.373. The lowest BCUT2D eigenvalue weighted by Crippen LogP contribution is -2.68. The highest BCUT2D eigenvalue weighted by Crippen LogP contribution is 2.42. The van der Waals surface area contributed by atoms with Crippen LogP contribution < -0.4 is 16.1 Å². The molecule has 1 amide bonds. The average Bonchev–Trinajstić information content (AvgIpc) is 3.10. The van der Waals surface area contributed by atoms with Crippen molar-refractivity contribution in [1.29, 1.82) is 0 Å². The quantitative estimate of drug-likeness (QED) is 0.126. The van der Waals surface area contributed by atoms with Crippen molar-refractivity contribution in [3.8, 4) is 0 Å². The lowest BCUT2D eigenvalue weighted by Gasteiger charge is -2.48. The van der Waals surface area contributed by atoms with E-state index in [4.69, 9.17) is 10.5 Å². The number of ether oxygens (including phenoxy) is 1. The van der Waals surface area contributed by atoms with E-state index in [1.807, 2.05) is 78.2 Å². The Morgan fingerprint density at radius 3 is 2.33 bits per heavy atom. The molecule has 0 spiro atoms. The van der Waals surface area contributed by atoms with E-state index in [1.165, 1.54) is 47.7 Å². The Kier molecular flexibility index (Phi) is 9.04. The second kappa shape index (κ2) is 13.5. The van der Waals surface area contributed by atoms with Crippen molar-refractivity contribution < 1.29 is 14.3 Å². The molecular formula is C36H33N3O4S3. The molecule has 7 nitrogen and oxygen atoms in total. The minimum absolute atomic E-state index is 0.0116. The molecule has 3 aliphatic heterocycles. The maximum absolute atomic E-state index is 14.0. The van der Waals surface area contributed by atoms with Crippen LogP contribution in [0.1, 0.15) is 36.5 Å². The zero-order chi connectivity index (χ0) is 31.6. The number of esters is 1. The molecule has 0 aliphatic carbocycles. The third-order valence-corrected chi connectivity index (χ3v) is 11.9. The Morgan fingerprint density at radius 1 is 0.935 bits per heavy atom. The molecule has 234 valence electrons. The number of β-lactam (4-membered cyclic amide) rings is 1. The van der Waals surface area contributed by atoms with E-state index in [9.17, 15) is 14.4 Å². The average molecular weight is 668 g/mol. The molecule has 0 bridgehead atoms. The number of amides is 1. The first-order valence-electron chi connectivity index (χ1n) is 15.4. The van der Waals surface area contributed by atoms with Crippen molar-refractivity contribution in [2.24, 2.45) is 5.73 Å². The number of thioether (sulfide) groups is 2. The lowest BCUT2D eigenvalue weighted by atomic mass is 10.0. The number of carbonyl (C=O) groups excluding carboxylic acids is 2. The molecule has 0 unspecified atom stereocenters. The largest absolute Gasteiger partial charge is 0.448 e. The predicted octanol–water partition coefficient (Wildman–Crippen LogP) is 6.69. The van der Waals surface area contributed by atoms with Crippen LogP contribution in [0.25, 0.3) is 10.1 Å². The van der Waals surface area contributed by atoms with Gasteiger partial charge >= 0.3 is 5.97 Å². The normalized spacial score (nSPS) is 19.9. The van der Waals surface area contributed by atoms with Crippen LogP contribution in [-0.4, -0.2) is 47.0 Å². The summed E-state index contributed by atoms with van der Waals surface area (Å²) < 4.78 is 8.00. The number of benzene rings is 3. The topological polar surface area (TPSA) is 92.9 Å². The number of fused-ring (bicyclic) bond motifs is 2. The molecule has 1 aromatic heterocycles. The van der Waals surface area contributed by atoms with Crippen LogP contribution in [0, 0.1) is 0 Å². The van der Waals surface area contributed by atoms with Gasteiger partial charge < -0.3 is 15.4 Å². The zero-order valence-corrected chi connectivity index (χ0v) is 27.5. The van der Waals surface area contributed by atoms with Gasteiger partial charge in [-0.2, -0.15) is 0 Å². The maximum atomic E-state index is 14.0. The summed E-state index contributed by atoms with van der Waals surface area (Å²) in [4.78, 5) is 43.8. The third kappa shape index (κ3) is 6.14. The van der Waals surface area contributed by atoms with Gasteiger partial charge in [0.25, 0.3) is 0 Å². The van der Waals surface area contributed by atoms with Gasteiger partial charge in [0.15, 0.2) is 11.5 Å². The Labute approximate surface area is 280 Å². The highest BCUT2D eigenvalue weighted by atomic mass is 32.2. The Balaban J connectivity index is 1.17. The lowest BCUT2D eigenvalue weighted by molar-refractivity contribution is -0.153. The fourth-order valence-electron chi connectivity index (χ4n) is 6.12. The van der Waals surface area contributed by atoms with E-state index < -0.39 is 18.1 Å². The fourth-order valence-corrected chi connectivity index (χ4v) is 9.39. The van der Waals surface area contributed by atoms with Gasteiger partial charge in [-0.1, -0.05) is 72.4 Å². The first kappa shape index (κ1) is 30.8. The van der Waals surface area contributed by atoms with Crippen LogP contribution >= 0.6 is 34.9 Å².